The fraction of sp³-hybridized carbons (Fsp3) is 0.286. The van der Waals surface area contributed by atoms with E-state index in [1.165, 1.54) is 5.56 Å². The van der Waals surface area contributed by atoms with E-state index in [0.29, 0.717) is 21.3 Å². The van der Waals surface area contributed by atoms with Crippen LogP contribution in [0, 0.1) is 27.7 Å². The van der Waals surface area contributed by atoms with Gasteiger partial charge in [0.05, 0.1) is 0 Å². The highest BCUT2D eigenvalue weighted by atomic mass is 35.5. The molecule has 3 rings (SSSR count). The molecule has 3 nitrogen and oxygen atoms in total. The molecule has 0 aliphatic carbocycles. The third kappa shape index (κ3) is 5.45. The van der Waals surface area contributed by atoms with Crippen molar-refractivity contribution < 1.29 is 9.67 Å². The number of hydrogen-bond donors (Lipinski definition) is 1. The second-order valence-electron chi connectivity index (χ2n) is 9.54. The minimum Gasteiger partial charge on any atom is -0.867 e. The van der Waals surface area contributed by atoms with Gasteiger partial charge in [0.1, 0.15) is 0 Å². The van der Waals surface area contributed by atoms with Crippen LogP contribution in [0.15, 0.2) is 54.9 Å². The van der Waals surface area contributed by atoms with Crippen molar-refractivity contribution in [1.82, 2.24) is 0 Å². The molecule has 3 aromatic rings. The van der Waals surface area contributed by atoms with Gasteiger partial charge in [0.2, 0.25) is 5.70 Å². The van der Waals surface area contributed by atoms with Crippen LogP contribution >= 0.6 is 23.8 Å². The van der Waals surface area contributed by atoms with Crippen LogP contribution in [-0.4, -0.2) is 4.99 Å². The molecule has 33 heavy (non-hydrogen) atoms. The maximum absolute atomic E-state index is 13.9. The molecule has 0 radical (unpaired) electrons. The third-order valence-corrected chi connectivity index (χ3v) is 6.69. The zero-order chi connectivity index (χ0) is 24.5. The monoisotopic (exact) mass is 478 g/mol. The van der Waals surface area contributed by atoms with E-state index in [4.69, 9.17) is 23.8 Å². The number of pyridine rings is 1. The van der Waals surface area contributed by atoms with Crippen molar-refractivity contribution in [3.63, 3.8) is 0 Å². The summed E-state index contributed by atoms with van der Waals surface area (Å²) in [6.45, 7) is 14.4. The highest BCUT2D eigenvalue weighted by molar-refractivity contribution is 7.81. The van der Waals surface area contributed by atoms with E-state index in [2.05, 4.69) is 33.0 Å². The van der Waals surface area contributed by atoms with Crippen molar-refractivity contribution in [2.45, 2.75) is 53.9 Å². The van der Waals surface area contributed by atoms with Crippen molar-refractivity contribution in [2.75, 3.05) is 5.32 Å². The summed E-state index contributed by atoms with van der Waals surface area (Å²) in [5.74, 6) is -0.124. The first-order chi connectivity index (χ1) is 15.4. The summed E-state index contributed by atoms with van der Waals surface area (Å²) in [4.78, 5) is 0.344. The highest BCUT2D eigenvalue weighted by Crippen LogP contribution is 2.27. The molecule has 0 amide bonds. The quantitative estimate of drug-likeness (QED) is 0.207. The van der Waals surface area contributed by atoms with E-state index in [1.807, 2.05) is 75.6 Å². The van der Waals surface area contributed by atoms with Gasteiger partial charge in [0.15, 0.2) is 17.4 Å². The third-order valence-electron chi connectivity index (χ3n) is 5.98. The number of nitrogens with zero attached hydrogens (tertiary/aromatic N) is 1. The molecule has 0 spiro atoms. The van der Waals surface area contributed by atoms with E-state index >= 15 is 0 Å². The Morgan fingerprint density at radius 1 is 0.939 bits per heavy atom. The summed E-state index contributed by atoms with van der Waals surface area (Å²) in [6, 6.07) is 13.7. The normalized spacial score (nSPS) is 12.4. The van der Waals surface area contributed by atoms with E-state index in [-0.39, 0.29) is 11.2 Å². The average Bonchev–Trinajstić information content (AvgIpc) is 2.74. The standard InChI is InChI=1S/C28H31ClN2OS/c1-17-15-19(3)22(16-18(17)2)26(32)25(31-13-11-21(12-14-31)28(5,6)7)27(33)30-24-10-8-9-23(29)20(24)4/h8-16H,1-7H3,(H-,30,32,33). The van der Waals surface area contributed by atoms with Gasteiger partial charge >= 0.3 is 0 Å². The van der Waals surface area contributed by atoms with Crippen molar-refractivity contribution in [1.29, 1.82) is 0 Å². The SMILES string of the molecule is Cc1cc(C)c(/C([O-])=C(/C(=S)Nc2cccc(Cl)c2C)[n+]2ccc(C(C)(C)C)cc2)cc1C. The zero-order valence-electron chi connectivity index (χ0n) is 20.3. The Hall–Kier alpha value is -2.69. The molecule has 0 fully saturated rings. The van der Waals surface area contributed by atoms with Crippen LogP contribution in [0.2, 0.25) is 5.02 Å². The molecule has 5 heteroatoms. The van der Waals surface area contributed by atoms with Crippen LogP contribution in [0.4, 0.5) is 5.69 Å². The summed E-state index contributed by atoms with van der Waals surface area (Å²) < 4.78 is 1.81. The Balaban J connectivity index is 2.18. The Bertz CT molecular complexity index is 1240. The number of anilines is 1. The maximum Gasteiger partial charge on any atom is 0.238 e. The minimum atomic E-state index is -0.124. The molecular weight excluding hydrogens is 448 g/mol. The van der Waals surface area contributed by atoms with Crippen LogP contribution in [0.25, 0.3) is 11.5 Å². The van der Waals surface area contributed by atoms with Crippen LogP contribution in [-0.2, 0) is 5.41 Å². The molecule has 0 aliphatic heterocycles. The number of aryl methyl sites for hydroxylation is 3. The van der Waals surface area contributed by atoms with Crippen LogP contribution in [0.3, 0.4) is 0 Å². The number of hydrogen-bond acceptors (Lipinski definition) is 2. The Morgan fingerprint density at radius 3 is 2.15 bits per heavy atom. The van der Waals surface area contributed by atoms with Gasteiger partial charge < -0.3 is 10.4 Å². The average molecular weight is 479 g/mol. The minimum absolute atomic E-state index is 0.00454. The van der Waals surface area contributed by atoms with E-state index in [1.54, 1.807) is 4.57 Å². The predicted molar refractivity (Wildman–Crippen MR) is 142 cm³/mol. The molecule has 2 aromatic carbocycles. The first kappa shape index (κ1) is 24.9. The Morgan fingerprint density at radius 2 is 1.55 bits per heavy atom. The number of benzene rings is 2. The van der Waals surface area contributed by atoms with Crippen molar-refractivity contribution in [3.05, 3.63) is 93.3 Å². The van der Waals surface area contributed by atoms with Crippen molar-refractivity contribution in [3.8, 4) is 0 Å². The molecule has 0 saturated carbocycles. The fourth-order valence-electron chi connectivity index (χ4n) is 3.67. The van der Waals surface area contributed by atoms with Gasteiger partial charge in [-0.1, -0.05) is 62.8 Å². The number of thiocarbonyl (C=S) groups is 1. The van der Waals surface area contributed by atoms with Gasteiger partial charge in [-0.2, -0.15) is 4.57 Å². The van der Waals surface area contributed by atoms with Gasteiger partial charge in [-0.15, -0.1) is 0 Å². The highest BCUT2D eigenvalue weighted by Gasteiger charge is 2.22. The molecule has 0 bridgehead atoms. The molecule has 0 unspecified atom stereocenters. The largest absolute Gasteiger partial charge is 0.867 e. The molecule has 172 valence electrons. The Kier molecular flexibility index (Phi) is 7.30. The summed E-state index contributed by atoms with van der Waals surface area (Å²) >= 11 is 12.1. The van der Waals surface area contributed by atoms with E-state index in [9.17, 15) is 5.11 Å². The number of halogens is 1. The first-order valence-corrected chi connectivity index (χ1v) is 11.8. The molecule has 1 heterocycles. The summed E-state index contributed by atoms with van der Waals surface area (Å²) in [5.41, 5.74) is 7.04. The molecular formula is C28H31ClN2OS. The summed E-state index contributed by atoms with van der Waals surface area (Å²) in [5, 5.41) is 17.8. The van der Waals surface area contributed by atoms with Crippen LogP contribution in [0.5, 0.6) is 0 Å². The fourth-order valence-corrected chi connectivity index (χ4v) is 4.15. The first-order valence-electron chi connectivity index (χ1n) is 11.0. The number of rotatable bonds is 4. The maximum atomic E-state index is 13.9. The molecule has 0 aliphatic rings. The second kappa shape index (κ2) is 9.66. The number of nitrogens with one attached hydrogen (secondary N) is 1. The van der Waals surface area contributed by atoms with Gasteiger partial charge in [-0.05, 0) is 84.4 Å². The van der Waals surface area contributed by atoms with Crippen LogP contribution in [0.1, 0.15) is 54.2 Å². The van der Waals surface area contributed by atoms with Crippen molar-refractivity contribution in [2.24, 2.45) is 0 Å². The molecule has 1 N–H and O–H groups in total. The van der Waals surface area contributed by atoms with Gasteiger partial charge in [-0.3, -0.25) is 0 Å². The number of aromatic nitrogens is 1. The lowest BCUT2D eigenvalue weighted by Crippen LogP contribution is -2.40. The van der Waals surface area contributed by atoms with E-state index in [0.717, 1.165) is 27.9 Å². The lowest BCUT2D eigenvalue weighted by atomic mass is 9.88. The zero-order valence-corrected chi connectivity index (χ0v) is 21.9. The van der Waals surface area contributed by atoms with Gasteiger partial charge in [0.25, 0.3) is 0 Å². The Labute approximate surface area is 207 Å². The molecule has 0 saturated heterocycles. The summed E-state index contributed by atoms with van der Waals surface area (Å²) in [6.07, 6.45) is 3.81. The summed E-state index contributed by atoms with van der Waals surface area (Å²) in [7, 11) is 0. The predicted octanol–water partition coefficient (Wildman–Crippen LogP) is 6.28. The van der Waals surface area contributed by atoms with E-state index < -0.39 is 0 Å². The van der Waals surface area contributed by atoms with Crippen molar-refractivity contribution >= 4 is 46.0 Å². The van der Waals surface area contributed by atoms with Gasteiger partial charge in [-0.25, -0.2) is 0 Å². The molecule has 0 atom stereocenters. The molecule has 1 aromatic heterocycles. The van der Waals surface area contributed by atoms with Crippen LogP contribution < -0.4 is 15.0 Å². The second-order valence-corrected chi connectivity index (χ2v) is 10.4. The topological polar surface area (TPSA) is 39.0 Å². The lowest BCUT2D eigenvalue weighted by molar-refractivity contribution is -0.577. The lowest BCUT2D eigenvalue weighted by Gasteiger charge is -2.21. The van der Waals surface area contributed by atoms with Gasteiger partial charge in [0, 0.05) is 22.8 Å². The smallest absolute Gasteiger partial charge is 0.238 e.